The molecule has 6 heteroatoms. The Morgan fingerprint density at radius 2 is 2.00 bits per heavy atom. The fourth-order valence-electron chi connectivity index (χ4n) is 1.63. The molecule has 0 aliphatic carbocycles. The van der Waals surface area contributed by atoms with Crippen molar-refractivity contribution in [1.82, 2.24) is 0 Å². The number of carbonyl (C=O) groups is 1. The maximum Gasteiger partial charge on any atom is 0.335 e. The van der Waals surface area contributed by atoms with Crippen LogP contribution in [0.25, 0.3) is 0 Å². The monoisotopic (exact) mass is 356 g/mol. The van der Waals surface area contributed by atoms with Crippen molar-refractivity contribution in [2.75, 3.05) is 0 Å². The van der Waals surface area contributed by atoms with Gasteiger partial charge in [-0.05, 0) is 35.9 Å². The highest BCUT2D eigenvalue weighted by atomic mass is 79.9. The Hall–Kier alpha value is -1.53. The normalized spacial score (nSPS) is 12.1. The van der Waals surface area contributed by atoms with Crippen molar-refractivity contribution >= 4 is 32.7 Å². The molecule has 0 aliphatic heterocycles. The second kappa shape index (κ2) is 6.28. The summed E-state index contributed by atoms with van der Waals surface area (Å²) in [4.78, 5) is 11.3. The number of carboxylic acid groups (broad SMARTS) is 1. The highest BCUT2D eigenvalue weighted by Gasteiger charge is 2.11. The fraction of sp³-hybridized carbons (Fsp3) is 0.0714. The van der Waals surface area contributed by atoms with Crippen LogP contribution in [0.1, 0.15) is 15.9 Å². The van der Waals surface area contributed by atoms with E-state index in [0.717, 1.165) is 0 Å². The number of hydrogen-bond acceptors (Lipinski definition) is 2. The molecule has 0 saturated heterocycles. The predicted octanol–water partition coefficient (Wildman–Crippen LogP) is 3.59. The Labute approximate surface area is 126 Å². The highest BCUT2D eigenvalue weighted by molar-refractivity contribution is 9.10. The van der Waals surface area contributed by atoms with Crippen molar-refractivity contribution in [3.8, 4) is 0 Å². The van der Waals surface area contributed by atoms with E-state index in [-0.39, 0.29) is 17.1 Å². The second-order valence-electron chi connectivity index (χ2n) is 4.06. The van der Waals surface area contributed by atoms with Gasteiger partial charge in [-0.15, -0.1) is 0 Å². The topological polar surface area (TPSA) is 54.4 Å². The number of benzene rings is 2. The highest BCUT2D eigenvalue weighted by Crippen LogP contribution is 2.22. The minimum atomic E-state index is -1.39. The van der Waals surface area contributed by atoms with Gasteiger partial charge in [-0.3, -0.25) is 4.21 Å². The Morgan fingerprint density at radius 1 is 1.25 bits per heavy atom. The first-order valence-electron chi connectivity index (χ1n) is 5.63. The summed E-state index contributed by atoms with van der Waals surface area (Å²) < 4.78 is 25.8. The predicted molar refractivity (Wildman–Crippen MR) is 77.6 cm³/mol. The van der Waals surface area contributed by atoms with E-state index in [2.05, 4.69) is 15.9 Å². The molecule has 1 unspecified atom stereocenters. The molecule has 1 N–H and O–H groups in total. The summed E-state index contributed by atoms with van der Waals surface area (Å²) in [5, 5.41) is 8.91. The van der Waals surface area contributed by atoms with Gasteiger partial charge in [-0.25, -0.2) is 9.18 Å². The molecule has 104 valence electrons. The molecule has 0 radical (unpaired) electrons. The van der Waals surface area contributed by atoms with Crippen LogP contribution in [-0.2, 0) is 16.6 Å². The van der Waals surface area contributed by atoms with Crippen LogP contribution in [0.15, 0.2) is 51.8 Å². The molecule has 0 heterocycles. The largest absolute Gasteiger partial charge is 0.478 e. The lowest BCUT2D eigenvalue weighted by Crippen LogP contribution is -2.01. The number of hydrogen-bond donors (Lipinski definition) is 1. The standard InChI is InChI=1S/C14H10BrFO3S/c15-13-7-11(16)5-4-10(13)8-20(19)12-3-1-2-9(6-12)14(17)18/h1-7H,8H2,(H,17,18). The van der Waals surface area contributed by atoms with Gasteiger partial charge in [0.25, 0.3) is 0 Å². The minimum absolute atomic E-state index is 0.0917. The van der Waals surface area contributed by atoms with Crippen LogP contribution in [0.2, 0.25) is 0 Å². The molecule has 2 rings (SSSR count). The molecule has 20 heavy (non-hydrogen) atoms. The molecule has 1 atom stereocenters. The quantitative estimate of drug-likeness (QED) is 0.910. The first-order valence-corrected chi connectivity index (χ1v) is 7.74. The second-order valence-corrected chi connectivity index (χ2v) is 6.36. The molecular weight excluding hydrogens is 347 g/mol. The average molecular weight is 357 g/mol. The van der Waals surface area contributed by atoms with Gasteiger partial charge in [-0.2, -0.15) is 0 Å². The molecule has 0 spiro atoms. The zero-order chi connectivity index (χ0) is 14.7. The zero-order valence-electron chi connectivity index (χ0n) is 10.2. The van der Waals surface area contributed by atoms with E-state index in [1.54, 1.807) is 18.2 Å². The Bertz CT molecular complexity index is 688. The maximum absolute atomic E-state index is 13.0. The average Bonchev–Trinajstić information content (AvgIpc) is 2.42. The first-order chi connectivity index (χ1) is 9.47. The lowest BCUT2D eigenvalue weighted by molar-refractivity contribution is 0.0696. The van der Waals surface area contributed by atoms with E-state index >= 15 is 0 Å². The van der Waals surface area contributed by atoms with Crippen molar-refractivity contribution in [3.05, 3.63) is 63.9 Å². The summed E-state index contributed by atoms with van der Waals surface area (Å²) in [7, 11) is -1.39. The van der Waals surface area contributed by atoms with Crippen LogP contribution < -0.4 is 0 Å². The molecule has 0 fully saturated rings. The van der Waals surface area contributed by atoms with Gasteiger partial charge in [0.1, 0.15) is 5.82 Å². The van der Waals surface area contributed by atoms with Gasteiger partial charge in [0, 0.05) is 9.37 Å². The van der Waals surface area contributed by atoms with E-state index in [1.807, 2.05) is 0 Å². The van der Waals surface area contributed by atoms with E-state index in [4.69, 9.17) is 5.11 Å². The number of rotatable bonds is 4. The molecule has 3 nitrogen and oxygen atoms in total. The summed E-state index contributed by atoms with van der Waals surface area (Å²) in [6.45, 7) is 0. The third-order valence-electron chi connectivity index (χ3n) is 2.65. The van der Waals surface area contributed by atoms with Crippen LogP contribution in [0, 0.1) is 5.82 Å². The SMILES string of the molecule is O=C(O)c1cccc(S(=O)Cc2ccc(F)cc2Br)c1. The molecule has 0 amide bonds. The third kappa shape index (κ3) is 3.52. The van der Waals surface area contributed by atoms with Crippen molar-refractivity contribution in [2.24, 2.45) is 0 Å². The number of carboxylic acids is 1. The van der Waals surface area contributed by atoms with Crippen LogP contribution >= 0.6 is 15.9 Å². The Morgan fingerprint density at radius 3 is 2.65 bits per heavy atom. The van der Waals surface area contributed by atoms with Gasteiger partial charge in [0.15, 0.2) is 0 Å². The lowest BCUT2D eigenvalue weighted by atomic mass is 10.2. The molecule has 0 aromatic heterocycles. The summed E-state index contributed by atoms with van der Waals surface area (Å²) >= 11 is 3.22. The lowest BCUT2D eigenvalue weighted by Gasteiger charge is -2.06. The zero-order valence-corrected chi connectivity index (χ0v) is 12.6. The van der Waals surface area contributed by atoms with Crippen LogP contribution in [0.4, 0.5) is 4.39 Å². The van der Waals surface area contributed by atoms with Crippen LogP contribution in [-0.4, -0.2) is 15.3 Å². The van der Waals surface area contributed by atoms with Crippen molar-refractivity contribution < 1.29 is 18.5 Å². The van der Waals surface area contributed by atoms with Crippen molar-refractivity contribution in [2.45, 2.75) is 10.6 Å². The van der Waals surface area contributed by atoms with Gasteiger partial charge < -0.3 is 5.11 Å². The first kappa shape index (κ1) is 14.9. The molecule has 0 bridgehead atoms. The molecular formula is C14H10BrFO3S. The molecule has 2 aromatic carbocycles. The summed E-state index contributed by atoms with van der Waals surface area (Å²) in [6, 6.07) is 10.1. The number of halogens is 2. The summed E-state index contributed by atoms with van der Waals surface area (Å²) in [6.07, 6.45) is 0. The van der Waals surface area contributed by atoms with Crippen LogP contribution in [0.3, 0.4) is 0 Å². The smallest absolute Gasteiger partial charge is 0.335 e. The minimum Gasteiger partial charge on any atom is -0.478 e. The number of aromatic carboxylic acids is 1. The summed E-state index contributed by atoms with van der Waals surface area (Å²) in [5.74, 6) is -1.25. The third-order valence-corrected chi connectivity index (χ3v) is 4.74. The van der Waals surface area contributed by atoms with Crippen molar-refractivity contribution in [1.29, 1.82) is 0 Å². The van der Waals surface area contributed by atoms with E-state index < -0.39 is 16.8 Å². The molecule has 2 aromatic rings. The summed E-state index contributed by atoms with van der Waals surface area (Å²) in [5.41, 5.74) is 0.791. The Balaban J connectivity index is 2.24. The molecule has 0 aliphatic rings. The van der Waals surface area contributed by atoms with E-state index in [1.165, 1.54) is 24.3 Å². The van der Waals surface area contributed by atoms with Gasteiger partial charge in [-0.1, -0.05) is 28.1 Å². The fourth-order valence-corrected chi connectivity index (χ4v) is 3.50. The van der Waals surface area contributed by atoms with Crippen molar-refractivity contribution in [3.63, 3.8) is 0 Å². The van der Waals surface area contributed by atoms with Gasteiger partial charge in [0.2, 0.25) is 0 Å². The van der Waals surface area contributed by atoms with Crippen LogP contribution in [0.5, 0.6) is 0 Å². The maximum atomic E-state index is 13.0. The van der Waals surface area contributed by atoms with Gasteiger partial charge >= 0.3 is 5.97 Å². The molecule has 0 saturated carbocycles. The Kier molecular flexibility index (Phi) is 4.67. The van der Waals surface area contributed by atoms with E-state index in [9.17, 15) is 13.4 Å². The van der Waals surface area contributed by atoms with E-state index in [0.29, 0.717) is 14.9 Å². The van der Waals surface area contributed by atoms with Gasteiger partial charge in [0.05, 0.1) is 22.1 Å².